The molecule has 2 aliphatic rings. The van der Waals surface area contributed by atoms with Gasteiger partial charge in [-0.1, -0.05) is 48.5 Å². The summed E-state index contributed by atoms with van der Waals surface area (Å²) < 4.78 is 5.22. The molecule has 1 aliphatic heterocycles. The number of aliphatic hydroxyl groups is 1. The second-order valence-electron chi connectivity index (χ2n) is 8.24. The lowest BCUT2D eigenvalue weighted by Gasteiger charge is -2.26. The number of nitrogens with one attached hydrogen (secondary N) is 1. The SMILES string of the molecule is COCc1ccccc1NC(=O)N1C[C@@H]2C[C@@](O)(Cc3ccccc3)C[C@@H]2C1. The van der Waals surface area contributed by atoms with Crippen molar-refractivity contribution in [2.24, 2.45) is 11.8 Å². The Kier molecular flexibility index (Phi) is 5.38. The molecule has 1 saturated carbocycles. The fourth-order valence-electron chi connectivity index (χ4n) is 4.86. The number of amides is 2. The van der Waals surface area contributed by atoms with Crippen LogP contribution in [0.2, 0.25) is 0 Å². The highest BCUT2D eigenvalue weighted by molar-refractivity contribution is 5.90. The van der Waals surface area contributed by atoms with E-state index in [0.29, 0.717) is 38.0 Å². The van der Waals surface area contributed by atoms with E-state index in [1.165, 1.54) is 5.56 Å². The molecule has 2 aromatic rings. The number of methoxy groups -OCH3 is 1. The minimum absolute atomic E-state index is 0.0652. The van der Waals surface area contributed by atoms with Crippen molar-refractivity contribution in [1.82, 2.24) is 4.90 Å². The predicted molar refractivity (Wildman–Crippen MR) is 109 cm³/mol. The lowest BCUT2D eigenvalue weighted by Crippen LogP contribution is -2.37. The van der Waals surface area contributed by atoms with Crippen LogP contribution in [0.3, 0.4) is 0 Å². The van der Waals surface area contributed by atoms with Crippen LogP contribution in [0, 0.1) is 11.8 Å². The third kappa shape index (κ3) is 4.05. The highest BCUT2D eigenvalue weighted by atomic mass is 16.5. The summed E-state index contributed by atoms with van der Waals surface area (Å²) >= 11 is 0. The van der Waals surface area contributed by atoms with Crippen LogP contribution in [0.5, 0.6) is 0 Å². The van der Waals surface area contributed by atoms with Crippen LogP contribution in [0.25, 0.3) is 0 Å². The van der Waals surface area contributed by atoms with E-state index < -0.39 is 5.60 Å². The number of hydrogen-bond acceptors (Lipinski definition) is 3. The average molecular weight is 380 g/mol. The van der Waals surface area contributed by atoms with Gasteiger partial charge in [0.25, 0.3) is 0 Å². The van der Waals surface area contributed by atoms with E-state index in [-0.39, 0.29) is 6.03 Å². The highest BCUT2D eigenvalue weighted by Crippen LogP contribution is 2.45. The van der Waals surface area contributed by atoms with Gasteiger partial charge in [0.15, 0.2) is 0 Å². The second-order valence-corrected chi connectivity index (χ2v) is 8.24. The van der Waals surface area contributed by atoms with Gasteiger partial charge in [0.1, 0.15) is 0 Å². The van der Waals surface area contributed by atoms with Crippen molar-refractivity contribution in [3.05, 3.63) is 65.7 Å². The van der Waals surface area contributed by atoms with Gasteiger partial charge >= 0.3 is 6.03 Å². The van der Waals surface area contributed by atoms with Crippen molar-refractivity contribution < 1.29 is 14.6 Å². The van der Waals surface area contributed by atoms with Crippen LogP contribution >= 0.6 is 0 Å². The number of carbonyl (C=O) groups excluding carboxylic acids is 1. The highest BCUT2D eigenvalue weighted by Gasteiger charge is 2.49. The summed E-state index contributed by atoms with van der Waals surface area (Å²) in [6, 6.07) is 17.8. The van der Waals surface area contributed by atoms with Crippen LogP contribution in [-0.2, 0) is 17.8 Å². The summed E-state index contributed by atoms with van der Waals surface area (Å²) in [7, 11) is 1.65. The fraction of sp³-hybridized carbons (Fsp3) is 0.435. The van der Waals surface area contributed by atoms with Gasteiger partial charge < -0.3 is 20.1 Å². The van der Waals surface area contributed by atoms with Crippen molar-refractivity contribution in [3.63, 3.8) is 0 Å². The molecule has 0 aromatic heterocycles. The van der Waals surface area contributed by atoms with Gasteiger partial charge in [0.2, 0.25) is 0 Å². The first kappa shape index (κ1) is 19.0. The van der Waals surface area contributed by atoms with Gasteiger partial charge in [-0.2, -0.15) is 0 Å². The van der Waals surface area contributed by atoms with E-state index >= 15 is 0 Å². The van der Waals surface area contributed by atoms with Crippen molar-refractivity contribution in [2.75, 3.05) is 25.5 Å². The van der Waals surface area contributed by atoms with Crippen LogP contribution in [0.4, 0.5) is 10.5 Å². The van der Waals surface area contributed by atoms with E-state index in [9.17, 15) is 9.90 Å². The molecule has 1 aliphatic carbocycles. The number of anilines is 1. The Morgan fingerprint density at radius 2 is 1.75 bits per heavy atom. The maximum atomic E-state index is 12.8. The number of urea groups is 1. The number of likely N-dealkylation sites (tertiary alicyclic amines) is 1. The third-order valence-electron chi connectivity index (χ3n) is 6.08. The van der Waals surface area contributed by atoms with Crippen LogP contribution < -0.4 is 5.32 Å². The van der Waals surface area contributed by atoms with Gasteiger partial charge in [-0.15, -0.1) is 0 Å². The molecule has 3 atom stereocenters. The third-order valence-corrected chi connectivity index (χ3v) is 6.08. The topological polar surface area (TPSA) is 61.8 Å². The first-order valence-corrected chi connectivity index (χ1v) is 9.95. The Balaban J connectivity index is 1.35. The van der Waals surface area contributed by atoms with Crippen molar-refractivity contribution >= 4 is 11.7 Å². The maximum absolute atomic E-state index is 12.8. The summed E-state index contributed by atoms with van der Waals surface area (Å²) in [6.07, 6.45) is 2.21. The van der Waals surface area contributed by atoms with Gasteiger partial charge in [0, 0.05) is 37.9 Å². The first-order valence-electron chi connectivity index (χ1n) is 9.95. The lowest BCUT2D eigenvalue weighted by atomic mass is 9.91. The molecule has 0 spiro atoms. The predicted octanol–water partition coefficient (Wildman–Crippen LogP) is 3.68. The standard InChI is InChI=1S/C23H28N2O3/c1-28-16-18-9-5-6-10-21(18)24-22(26)25-14-19-12-23(27,13-20(19)15-25)11-17-7-3-2-4-8-17/h2-10,19-20,27H,11-16H2,1H3,(H,24,26)/t19-,20+,23-. The maximum Gasteiger partial charge on any atom is 0.321 e. The Bertz CT molecular complexity index is 810. The molecule has 2 N–H and O–H groups in total. The van der Waals surface area contributed by atoms with E-state index in [1.807, 2.05) is 47.4 Å². The molecule has 5 heteroatoms. The molecule has 1 heterocycles. The monoisotopic (exact) mass is 380 g/mol. The zero-order valence-electron chi connectivity index (χ0n) is 16.3. The van der Waals surface area contributed by atoms with Crippen molar-refractivity contribution in [1.29, 1.82) is 0 Å². The number of fused-ring (bicyclic) bond motifs is 1. The van der Waals surface area contributed by atoms with Crippen LogP contribution in [-0.4, -0.2) is 41.8 Å². The summed E-state index contributed by atoms with van der Waals surface area (Å²) in [5.74, 6) is 0.738. The Hall–Kier alpha value is -2.37. The Morgan fingerprint density at radius 3 is 2.43 bits per heavy atom. The number of benzene rings is 2. The zero-order valence-corrected chi connectivity index (χ0v) is 16.3. The second kappa shape index (κ2) is 7.94. The van der Waals surface area contributed by atoms with Crippen molar-refractivity contribution in [3.8, 4) is 0 Å². The van der Waals surface area contributed by atoms with Gasteiger partial charge in [-0.25, -0.2) is 4.79 Å². The van der Waals surface area contributed by atoms with E-state index in [2.05, 4.69) is 17.4 Å². The average Bonchev–Trinajstić information content (AvgIpc) is 3.19. The lowest BCUT2D eigenvalue weighted by molar-refractivity contribution is 0.0368. The number of carbonyl (C=O) groups is 1. The summed E-state index contributed by atoms with van der Waals surface area (Å²) in [6.45, 7) is 1.88. The molecular weight excluding hydrogens is 352 g/mol. The quantitative estimate of drug-likeness (QED) is 0.832. The minimum atomic E-state index is -0.648. The van der Waals surface area contributed by atoms with Crippen LogP contribution in [0.1, 0.15) is 24.0 Å². The summed E-state index contributed by atoms with van der Waals surface area (Å²) in [5, 5.41) is 14.1. The van der Waals surface area contributed by atoms with Crippen LogP contribution in [0.15, 0.2) is 54.6 Å². The van der Waals surface area contributed by atoms with Gasteiger partial charge in [-0.05, 0) is 36.3 Å². The Labute approximate surface area is 166 Å². The van der Waals surface area contributed by atoms with E-state index in [4.69, 9.17) is 4.74 Å². The molecule has 4 rings (SSSR count). The molecule has 0 bridgehead atoms. The summed E-state index contributed by atoms with van der Waals surface area (Å²) in [4.78, 5) is 14.7. The number of hydrogen-bond donors (Lipinski definition) is 2. The number of para-hydroxylation sites is 1. The number of ether oxygens (including phenoxy) is 1. The molecular formula is C23H28N2O3. The fourth-order valence-corrected chi connectivity index (χ4v) is 4.86. The largest absolute Gasteiger partial charge is 0.390 e. The number of nitrogens with zero attached hydrogens (tertiary/aromatic N) is 1. The molecule has 1 saturated heterocycles. The molecule has 0 radical (unpaired) electrons. The normalized spacial score (nSPS) is 26.3. The summed E-state index contributed by atoms with van der Waals surface area (Å²) in [5.41, 5.74) is 2.29. The van der Waals surface area contributed by atoms with E-state index in [1.54, 1.807) is 7.11 Å². The molecule has 0 unspecified atom stereocenters. The molecule has 28 heavy (non-hydrogen) atoms. The zero-order chi connectivity index (χ0) is 19.6. The van der Waals surface area contributed by atoms with Crippen molar-refractivity contribution in [2.45, 2.75) is 31.5 Å². The molecule has 5 nitrogen and oxygen atoms in total. The first-order chi connectivity index (χ1) is 13.6. The van der Waals surface area contributed by atoms with Gasteiger partial charge in [0.05, 0.1) is 12.2 Å². The van der Waals surface area contributed by atoms with E-state index in [0.717, 1.165) is 24.1 Å². The number of rotatable bonds is 5. The molecule has 148 valence electrons. The smallest absolute Gasteiger partial charge is 0.321 e. The molecule has 2 amide bonds. The molecule has 2 aromatic carbocycles. The molecule has 2 fully saturated rings. The Morgan fingerprint density at radius 1 is 1.11 bits per heavy atom. The van der Waals surface area contributed by atoms with Gasteiger partial charge in [-0.3, -0.25) is 0 Å². The minimum Gasteiger partial charge on any atom is -0.390 e.